The maximum atomic E-state index is 12.6. The largest absolute Gasteiger partial charge is 0.469 e. The molecule has 0 aliphatic rings. The van der Waals surface area contributed by atoms with E-state index in [1.54, 1.807) is 11.9 Å². The minimum atomic E-state index is -0.328. The average molecular weight is 533 g/mol. The topological polar surface area (TPSA) is 59.1 Å². The zero-order chi connectivity index (χ0) is 28.0. The van der Waals surface area contributed by atoms with Gasteiger partial charge in [0, 0.05) is 27.4 Å². The summed E-state index contributed by atoms with van der Waals surface area (Å²) in [5, 5.41) is 1.94. The van der Waals surface area contributed by atoms with E-state index in [0.29, 0.717) is 6.54 Å². The first-order chi connectivity index (χ1) is 18.1. The molecule has 0 amide bonds. The molecule has 0 spiro atoms. The Hall–Kier alpha value is -3.63. The Labute approximate surface area is 230 Å². The van der Waals surface area contributed by atoms with Gasteiger partial charge in [0.1, 0.15) is 6.54 Å². The van der Waals surface area contributed by atoms with Crippen LogP contribution in [-0.2, 0) is 19.1 Å². The fraction of sp³-hybridized carbons (Fsp3) is 0.355. The fourth-order valence-electron chi connectivity index (χ4n) is 4.52. The summed E-state index contributed by atoms with van der Waals surface area (Å²) in [5.41, 5.74) is 6.59. The highest BCUT2D eigenvalue weighted by Crippen LogP contribution is 2.41. The molecule has 0 fully saturated rings. The Balaban J connectivity index is 2.17. The summed E-state index contributed by atoms with van der Waals surface area (Å²) in [4.78, 5) is 27.7. The molecule has 3 aromatic rings. The van der Waals surface area contributed by atoms with Gasteiger partial charge < -0.3 is 18.7 Å². The number of carbonyl (C=O) groups excluding carboxylic acids is 2. The van der Waals surface area contributed by atoms with E-state index >= 15 is 0 Å². The predicted molar refractivity (Wildman–Crippen MR) is 157 cm³/mol. The number of esters is 2. The normalized spacial score (nSPS) is 11.5. The molecule has 0 unspecified atom stereocenters. The van der Waals surface area contributed by atoms with Gasteiger partial charge in [-0.2, -0.15) is 0 Å². The van der Waals surface area contributed by atoms with Gasteiger partial charge in [0.2, 0.25) is 0 Å². The number of anilines is 2. The lowest BCUT2D eigenvalue weighted by Crippen LogP contribution is -2.35. The highest BCUT2D eigenvalue weighted by molar-refractivity contribution is 8.00. The lowest BCUT2D eigenvalue weighted by atomic mass is 10.0. The van der Waals surface area contributed by atoms with Crippen LogP contribution in [0, 0.1) is 40.0 Å². The third kappa shape index (κ3) is 6.25. The number of fused-ring (bicyclic) bond motifs is 1. The smallest absolute Gasteiger partial charge is 0.326 e. The first kappa shape index (κ1) is 28.9. The Kier molecular flexibility index (Phi) is 9.71. The Bertz CT molecular complexity index is 1350. The second-order valence-electron chi connectivity index (χ2n) is 9.40. The van der Waals surface area contributed by atoms with E-state index in [9.17, 15) is 9.59 Å². The van der Waals surface area contributed by atoms with E-state index in [1.807, 2.05) is 52.5 Å². The van der Waals surface area contributed by atoms with Crippen LogP contribution in [0.5, 0.6) is 0 Å². The van der Waals surface area contributed by atoms with Crippen molar-refractivity contribution in [1.82, 2.24) is 0 Å². The first-order valence-electron chi connectivity index (χ1n) is 12.5. The van der Waals surface area contributed by atoms with Gasteiger partial charge in [-0.05, 0) is 81.0 Å². The molecule has 0 aromatic heterocycles. The first-order valence-corrected chi connectivity index (χ1v) is 13.3. The van der Waals surface area contributed by atoms with Crippen molar-refractivity contribution < 1.29 is 19.1 Å². The summed E-state index contributed by atoms with van der Waals surface area (Å²) in [6, 6.07) is 14.1. The third-order valence-electron chi connectivity index (χ3n) is 6.94. The molecule has 3 aromatic carbocycles. The van der Waals surface area contributed by atoms with E-state index in [-0.39, 0.29) is 30.9 Å². The second-order valence-corrected chi connectivity index (χ2v) is 10.4. The lowest BCUT2D eigenvalue weighted by Gasteiger charge is -2.32. The maximum Gasteiger partial charge on any atom is 0.326 e. The number of hydrogen-bond acceptors (Lipinski definition) is 7. The molecule has 0 heterocycles. The van der Waals surface area contributed by atoms with E-state index < -0.39 is 0 Å². The average Bonchev–Trinajstić information content (AvgIpc) is 2.91. The number of aryl methyl sites for hydroxylation is 2. The van der Waals surface area contributed by atoms with E-state index in [1.165, 1.54) is 36.5 Å². The zero-order valence-electron chi connectivity index (χ0n) is 23.3. The van der Waals surface area contributed by atoms with Gasteiger partial charge in [0.25, 0.3) is 0 Å². The number of ether oxygens (including phenoxy) is 2. The van der Waals surface area contributed by atoms with Crippen LogP contribution in [0.25, 0.3) is 10.8 Å². The van der Waals surface area contributed by atoms with Crippen LogP contribution in [0.4, 0.5) is 11.4 Å². The summed E-state index contributed by atoms with van der Waals surface area (Å²) >= 11 is 1.55. The third-order valence-corrected chi connectivity index (χ3v) is 8.28. The van der Waals surface area contributed by atoms with Gasteiger partial charge in [-0.15, -0.1) is 6.42 Å². The number of rotatable bonds is 10. The van der Waals surface area contributed by atoms with Crippen LogP contribution >= 0.6 is 11.9 Å². The van der Waals surface area contributed by atoms with Gasteiger partial charge in [-0.1, -0.05) is 36.3 Å². The Morgan fingerprint density at radius 2 is 1.47 bits per heavy atom. The summed E-state index contributed by atoms with van der Waals surface area (Å²) < 4.78 is 12.0. The van der Waals surface area contributed by atoms with Crippen molar-refractivity contribution in [3.8, 4) is 12.3 Å². The van der Waals surface area contributed by atoms with Crippen molar-refractivity contribution in [2.75, 3.05) is 36.5 Å². The SMILES string of the molecule is C#CCN(c1ccc(N(CC(=O)OC)Sc2c(C)c(C)cc(C)c2C)c2ccccc12)[C@@H](C)CC(=O)OC. The lowest BCUT2D eigenvalue weighted by molar-refractivity contribution is -0.141. The van der Waals surface area contributed by atoms with Crippen LogP contribution in [0.15, 0.2) is 47.4 Å². The van der Waals surface area contributed by atoms with Crippen LogP contribution in [0.2, 0.25) is 0 Å². The van der Waals surface area contributed by atoms with Gasteiger partial charge in [0.05, 0.1) is 32.9 Å². The van der Waals surface area contributed by atoms with Gasteiger partial charge in [-0.25, -0.2) is 0 Å². The van der Waals surface area contributed by atoms with Crippen LogP contribution in [0.1, 0.15) is 35.6 Å². The van der Waals surface area contributed by atoms with E-state index in [2.05, 4.69) is 39.7 Å². The molecule has 3 rings (SSSR count). The van der Waals surface area contributed by atoms with E-state index in [4.69, 9.17) is 15.9 Å². The molecule has 1 atom stereocenters. The number of nitrogens with zero attached hydrogens (tertiary/aromatic N) is 2. The van der Waals surface area contributed by atoms with Crippen LogP contribution < -0.4 is 9.21 Å². The van der Waals surface area contributed by atoms with Gasteiger partial charge in [0.15, 0.2) is 0 Å². The van der Waals surface area contributed by atoms with Crippen molar-refractivity contribution in [2.45, 2.75) is 52.0 Å². The molecule has 0 aliphatic carbocycles. The minimum Gasteiger partial charge on any atom is -0.469 e. The van der Waals surface area contributed by atoms with Crippen molar-refractivity contribution in [3.05, 3.63) is 64.7 Å². The number of hydrogen-bond donors (Lipinski definition) is 0. The standard InChI is InChI=1S/C31H36N2O4S/c1-9-16-32(22(4)18-29(34)36-7)27-14-15-28(26-13-11-10-12-25(26)27)33(19-30(35)37-8)38-31-23(5)20(2)17-21(3)24(31)6/h1,10-15,17,22H,16,18-19H2,2-8H3/t22-/m0/s1. The molecule has 0 radical (unpaired) electrons. The van der Waals surface area contributed by atoms with Crippen LogP contribution in [0.3, 0.4) is 0 Å². The molecule has 0 bridgehead atoms. The number of terminal acetylenes is 1. The molecule has 0 aliphatic heterocycles. The van der Waals surface area contributed by atoms with E-state index in [0.717, 1.165) is 27.0 Å². The molecule has 0 N–H and O–H groups in total. The quantitative estimate of drug-likeness (QED) is 0.176. The zero-order valence-corrected chi connectivity index (χ0v) is 24.1. The van der Waals surface area contributed by atoms with Gasteiger partial charge >= 0.3 is 11.9 Å². The molecular weight excluding hydrogens is 496 g/mol. The molecule has 7 heteroatoms. The molecule has 6 nitrogen and oxygen atoms in total. The van der Waals surface area contributed by atoms with Crippen LogP contribution in [-0.4, -0.2) is 45.3 Å². The molecule has 0 saturated heterocycles. The predicted octanol–water partition coefficient (Wildman–Crippen LogP) is 6.15. The Morgan fingerprint density at radius 3 is 2.03 bits per heavy atom. The summed E-state index contributed by atoms with van der Waals surface area (Å²) in [5.74, 6) is 2.11. The maximum absolute atomic E-state index is 12.6. The molecule has 200 valence electrons. The number of carbonyl (C=O) groups is 2. The molecular formula is C31H36N2O4S. The summed E-state index contributed by atoms with van der Waals surface area (Å²) in [7, 11) is 2.79. The fourth-order valence-corrected chi connectivity index (χ4v) is 5.77. The molecule has 0 saturated carbocycles. The summed E-state index contributed by atoms with van der Waals surface area (Å²) in [6.07, 6.45) is 5.94. The van der Waals surface area contributed by atoms with Crippen molar-refractivity contribution >= 4 is 46.0 Å². The monoisotopic (exact) mass is 532 g/mol. The van der Waals surface area contributed by atoms with Gasteiger partial charge in [-0.3, -0.25) is 9.59 Å². The summed E-state index contributed by atoms with van der Waals surface area (Å²) in [6.45, 7) is 10.8. The number of methoxy groups -OCH3 is 2. The highest BCUT2D eigenvalue weighted by atomic mass is 32.2. The highest BCUT2D eigenvalue weighted by Gasteiger charge is 2.24. The minimum absolute atomic E-state index is 0.0726. The Morgan fingerprint density at radius 1 is 0.921 bits per heavy atom. The molecule has 38 heavy (non-hydrogen) atoms. The van der Waals surface area contributed by atoms with Crippen molar-refractivity contribution in [1.29, 1.82) is 0 Å². The van der Waals surface area contributed by atoms with Crippen molar-refractivity contribution in [2.24, 2.45) is 0 Å². The van der Waals surface area contributed by atoms with Crippen molar-refractivity contribution in [3.63, 3.8) is 0 Å². The number of benzene rings is 3. The second kappa shape index (κ2) is 12.7.